The standard InChI is InChI=1S/C37H43N5O4/c1-4-38-35(43)32-26(2)40-27(3)33(34(32)28-16-18-31(19-17-28)42(45)46)36(44)39-22-11-23-41-24-20-37(21-25-41,29-12-7-5-8-13-29)30-14-9-6-10-15-30/h5-10,12-19,34,40H,4,11,20-25H2,1-3H3,(H,38,43)(H,39,44). The van der Waals surface area contributed by atoms with E-state index in [1.165, 1.54) is 23.3 Å². The molecule has 0 bridgehead atoms. The maximum absolute atomic E-state index is 13.8. The van der Waals surface area contributed by atoms with Crippen molar-refractivity contribution >= 4 is 17.5 Å². The average Bonchev–Trinajstić information content (AvgIpc) is 3.07. The number of piperidine rings is 1. The molecule has 5 rings (SSSR count). The molecule has 0 radical (unpaired) electrons. The van der Waals surface area contributed by atoms with Gasteiger partial charge >= 0.3 is 0 Å². The second-order valence-electron chi connectivity index (χ2n) is 12.1. The predicted molar refractivity (Wildman–Crippen MR) is 180 cm³/mol. The third-order valence-electron chi connectivity index (χ3n) is 9.32. The first-order valence-electron chi connectivity index (χ1n) is 16.1. The molecule has 0 aromatic heterocycles. The molecule has 9 nitrogen and oxygen atoms in total. The lowest BCUT2D eigenvalue weighted by molar-refractivity contribution is -0.384. The molecule has 2 heterocycles. The molecule has 1 fully saturated rings. The molecule has 9 heteroatoms. The molecule has 2 aliphatic rings. The zero-order chi connectivity index (χ0) is 32.7. The molecule has 240 valence electrons. The first kappa shape index (κ1) is 32.6. The summed E-state index contributed by atoms with van der Waals surface area (Å²) in [6, 6.07) is 27.7. The molecular formula is C37H43N5O4. The van der Waals surface area contributed by atoms with Crippen LogP contribution in [0.3, 0.4) is 0 Å². The number of hydrogen-bond donors (Lipinski definition) is 3. The Balaban J connectivity index is 1.25. The van der Waals surface area contributed by atoms with Gasteiger partial charge in [0.2, 0.25) is 11.8 Å². The molecule has 1 atom stereocenters. The third-order valence-corrected chi connectivity index (χ3v) is 9.32. The van der Waals surface area contributed by atoms with Gasteiger partial charge in [-0.3, -0.25) is 19.7 Å². The third kappa shape index (κ3) is 6.89. The first-order chi connectivity index (χ1) is 22.2. The van der Waals surface area contributed by atoms with Gasteiger partial charge in [-0.15, -0.1) is 0 Å². The Kier molecular flexibility index (Phi) is 10.3. The smallest absolute Gasteiger partial charge is 0.269 e. The lowest BCUT2D eigenvalue weighted by Gasteiger charge is -2.43. The van der Waals surface area contributed by atoms with Gasteiger partial charge in [-0.25, -0.2) is 0 Å². The van der Waals surface area contributed by atoms with Crippen LogP contribution in [0.5, 0.6) is 0 Å². The number of rotatable bonds is 11. The topological polar surface area (TPSA) is 117 Å². The summed E-state index contributed by atoms with van der Waals surface area (Å²) >= 11 is 0. The zero-order valence-corrected chi connectivity index (χ0v) is 26.8. The van der Waals surface area contributed by atoms with Gasteiger partial charge in [-0.05, 0) is 76.4 Å². The zero-order valence-electron chi connectivity index (χ0n) is 26.8. The van der Waals surface area contributed by atoms with E-state index >= 15 is 0 Å². The largest absolute Gasteiger partial charge is 0.362 e. The van der Waals surface area contributed by atoms with E-state index < -0.39 is 10.8 Å². The van der Waals surface area contributed by atoms with Crippen LogP contribution in [0.2, 0.25) is 0 Å². The molecule has 3 aromatic carbocycles. The monoisotopic (exact) mass is 621 g/mol. The number of hydrogen-bond acceptors (Lipinski definition) is 6. The molecule has 3 aromatic rings. The van der Waals surface area contributed by atoms with Gasteiger partial charge in [0.05, 0.1) is 4.92 Å². The van der Waals surface area contributed by atoms with Crippen LogP contribution in [0, 0.1) is 10.1 Å². The van der Waals surface area contributed by atoms with Crippen LogP contribution in [0.4, 0.5) is 5.69 Å². The number of likely N-dealkylation sites (tertiary alicyclic amines) is 1. The van der Waals surface area contributed by atoms with Crippen molar-refractivity contribution in [3.8, 4) is 0 Å². The van der Waals surface area contributed by atoms with Crippen LogP contribution in [0.25, 0.3) is 0 Å². The highest BCUT2D eigenvalue weighted by atomic mass is 16.6. The predicted octanol–water partition coefficient (Wildman–Crippen LogP) is 5.55. The maximum Gasteiger partial charge on any atom is 0.269 e. The van der Waals surface area contributed by atoms with E-state index in [2.05, 4.69) is 81.5 Å². The summed E-state index contributed by atoms with van der Waals surface area (Å²) in [5.74, 6) is -1.20. The van der Waals surface area contributed by atoms with Gasteiger partial charge in [0, 0.05) is 59.1 Å². The molecule has 2 amide bonds. The number of non-ortho nitro benzene ring substituents is 1. The van der Waals surface area contributed by atoms with Crippen LogP contribution in [0.1, 0.15) is 62.6 Å². The average molecular weight is 622 g/mol. The molecule has 2 aliphatic heterocycles. The van der Waals surface area contributed by atoms with Crippen molar-refractivity contribution in [2.45, 2.75) is 51.4 Å². The summed E-state index contributed by atoms with van der Waals surface area (Å²) in [4.78, 5) is 40.3. The molecule has 0 saturated carbocycles. The summed E-state index contributed by atoms with van der Waals surface area (Å²) < 4.78 is 0. The number of carbonyl (C=O) groups is 2. The van der Waals surface area contributed by atoms with Gasteiger partial charge in [0.25, 0.3) is 5.69 Å². The van der Waals surface area contributed by atoms with E-state index in [4.69, 9.17) is 0 Å². The van der Waals surface area contributed by atoms with Crippen LogP contribution < -0.4 is 16.0 Å². The number of nitro groups is 1. The van der Waals surface area contributed by atoms with Crippen molar-refractivity contribution < 1.29 is 14.5 Å². The number of benzene rings is 3. The maximum atomic E-state index is 13.8. The highest BCUT2D eigenvalue weighted by Crippen LogP contribution is 2.42. The lowest BCUT2D eigenvalue weighted by atomic mass is 9.68. The van der Waals surface area contributed by atoms with Gasteiger partial charge in [-0.2, -0.15) is 0 Å². The number of carbonyl (C=O) groups excluding carboxylic acids is 2. The number of likely N-dealkylation sites (N-methyl/N-ethyl adjacent to an activating group) is 1. The fourth-order valence-electron chi connectivity index (χ4n) is 6.99. The van der Waals surface area contributed by atoms with Gasteiger partial charge in [0.15, 0.2) is 0 Å². The Bertz CT molecular complexity index is 1570. The van der Waals surface area contributed by atoms with Crippen LogP contribution in [-0.2, 0) is 15.0 Å². The molecule has 46 heavy (non-hydrogen) atoms. The fourth-order valence-corrected chi connectivity index (χ4v) is 6.99. The summed E-state index contributed by atoms with van der Waals surface area (Å²) in [7, 11) is 0. The van der Waals surface area contributed by atoms with Crippen molar-refractivity contribution in [3.63, 3.8) is 0 Å². The Morgan fingerprint density at radius 1 is 0.848 bits per heavy atom. The van der Waals surface area contributed by atoms with Crippen molar-refractivity contribution in [3.05, 3.63) is 134 Å². The van der Waals surface area contributed by atoms with Crippen molar-refractivity contribution in [2.75, 3.05) is 32.7 Å². The Morgan fingerprint density at radius 3 is 1.87 bits per heavy atom. The minimum absolute atomic E-state index is 0.00841. The van der Waals surface area contributed by atoms with E-state index in [0.29, 0.717) is 41.2 Å². The van der Waals surface area contributed by atoms with Crippen LogP contribution in [0.15, 0.2) is 107 Å². The SMILES string of the molecule is CCNC(=O)C1=C(C)NC(C)=C(C(=O)NCCCN2CCC(c3ccccc3)(c3ccccc3)CC2)C1c1ccc([N+](=O)[O-])cc1. The van der Waals surface area contributed by atoms with Crippen molar-refractivity contribution in [2.24, 2.45) is 0 Å². The summed E-state index contributed by atoms with van der Waals surface area (Å²) in [5.41, 5.74) is 5.47. The highest BCUT2D eigenvalue weighted by Gasteiger charge is 2.38. The van der Waals surface area contributed by atoms with E-state index in [9.17, 15) is 19.7 Å². The Morgan fingerprint density at radius 2 is 1.37 bits per heavy atom. The van der Waals surface area contributed by atoms with Crippen molar-refractivity contribution in [1.82, 2.24) is 20.9 Å². The van der Waals surface area contributed by atoms with Crippen LogP contribution in [-0.4, -0.2) is 54.4 Å². The van der Waals surface area contributed by atoms with Gasteiger partial charge < -0.3 is 20.9 Å². The van der Waals surface area contributed by atoms with E-state index in [0.717, 1.165) is 38.9 Å². The Hall–Kier alpha value is -4.76. The number of amides is 2. The molecule has 1 unspecified atom stereocenters. The minimum Gasteiger partial charge on any atom is -0.362 e. The normalized spacial score (nSPS) is 18.1. The molecule has 0 spiro atoms. The summed E-state index contributed by atoms with van der Waals surface area (Å²) in [6.45, 7) is 9.19. The molecule has 0 aliphatic carbocycles. The van der Waals surface area contributed by atoms with E-state index in [-0.39, 0.29) is 22.9 Å². The number of dihydropyridines is 1. The second-order valence-corrected chi connectivity index (χ2v) is 12.1. The van der Waals surface area contributed by atoms with Crippen LogP contribution >= 0.6 is 0 Å². The Labute approximate surface area is 270 Å². The quantitative estimate of drug-likeness (QED) is 0.147. The van der Waals surface area contributed by atoms with E-state index in [1.807, 2.05) is 20.8 Å². The number of nitrogens with one attached hydrogen (secondary N) is 3. The molecule has 3 N–H and O–H groups in total. The summed E-state index contributed by atoms with van der Waals surface area (Å²) in [6.07, 6.45) is 2.84. The van der Waals surface area contributed by atoms with Gasteiger partial charge in [0.1, 0.15) is 0 Å². The van der Waals surface area contributed by atoms with Gasteiger partial charge in [-0.1, -0.05) is 72.8 Å². The highest BCUT2D eigenvalue weighted by molar-refractivity contribution is 6.03. The summed E-state index contributed by atoms with van der Waals surface area (Å²) in [5, 5.41) is 20.5. The number of nitrogens with zero attached hydrogens (tertiary/aromatic N) is 2. The fraction of sp³-hybridized carbons (Fsp3) is 0.351. The first-order valence-corrected chi connectivity index (χ1v) is 16.1. The lowest BCUT2D eigenvalue weighted by Crippen LogP contribution is -2.44. The second kappa shape index (κ2) is 14.6. The van der Waals surface area contributed by atoms with E-state index in [1.54, 1.807) is 12.1 Å². The van der Waals surface area contributed by atoms with Crippen molar-refractivity contribution in [1.29, 1.82) is 0 Å². The molecular weight excluding hydrogens is 578 g/mol. The number of allylic oxidation sites excluding steroid dienone is 2. The minimum atomic E-state index is -0.667. The molecule has 1 saturated heterocycles. The number of nitro benzene ring substituents is 1.